The molecule has 1 atom stereocenters. The highest BCUT2D eigenvalue weighted by Crippen LogP contribution is 2.31. The van der Waals surface area contributed by atoms with E-state index in [1.54, 1.807) is 23.4 Å². The predicted molar refractivity (Wildman–Crippen MR) is 90.4 cm³/mol. The first kappa shape index (κ1) is 16.4. The Kier molecular flexibility index (Phi) is 4.51. The first-order chi connectivity index (χ1) is 11.6. The fourth-order valence-electron chi connectivity index (χ4n) is 3.55. The van der Waals surface area contributed by atoms with Gasteiger partial charge in [0, 0.05) is 45.1 Å². The van der Waals surface area contributed by atoms with E-state index in [-0.39, 0.29) is 11.8 Å². The molecule has 3 heterocycles. The standard InChI is InChI=1S/C17H23N5O2/c1-3-14(23)22-9-4-6-17(22,2)15(24)20-10-12-21(13-11-20)16-18-7-5-8-19-16/h3,5,7-8H,1,4,6,9-13H2,2H3/t17-/m1/s1. The van der Waals surface area contributed by atoms with Gasteiger partial charge < -0.3 is 14.7 Å². The number of hydrogen-bond acceptors (Lipinski definition) is 5. The van der Waals surface area contributed by atoms with Crippen molar-refractivity contribution < 1.29 is 9.59 Å². The lowest BCUT2D eigenvalue weighted by atomic mass is 9.96. The van der Waals surface area contributed by atoms with Crippen molar-refractivity contribution >= 4 is 17.8 Å². The molecule has 0 bridgehead atoms. The monoisotopic (exact) mass is 329 g/mol. The van der Waals surface area contributed by atoms with Crippen molar-refractivity contribution in [1.82, 2.24) is 19.8 Å². The van der Waals surface area contributed by atoms with Crippen molar-refractivity contribution in [2.24, 2.45) is 0 Å². The molecule has 3 rings (SSSR count). The molecule has 2 saturated heterocycles. The van der Waals surface area contributed by atoms with Crippen LogP contribution in [0.2, 0.25) is 0 Å². The van der Waals surface area contributed by atoms with Crippen LogP contribution < -0.4 is 4.90 Å². The van der Waals surface area contributed by atoms with Crippen molar-refractivity contribution in [1.29, 1.82) is 0 Å². The van der Waals surface area contributed by atoms with Gasteiger partial charge in [-0.2, -0.15) is 0 Å². The van der Waals surface area contributed by atoms with Crippen LogP contribution in [0, 0.1) is 0 Å². The maximum atomic E-state index is 13.0. The summed E-state index contributed by atoms with van der Waals surface area (Å²) in [4.78, 5) is 39.2. The Bertz CT molecular complexity index is 627. The van der Waals surface area contributed by atoms with Gasteiger partial charge in [0.15, 0.2) is 0 Å². The van der Waals surface area contributed by atoms with Crippen molar-refractivity contribution in [2.75, 3.05) is 37.6 Å². The van der Waals surface area contributed by atoms with Gasteiger partial charge in [-0.3, -0.25) is 9.59 Å². The number of carbonyl (C=O) groups excluding carboxylic acids is 2. The molecule has 1 aromatic heterocycles. The van der Waals surface area contributed by atoms with Crippen LogP contribution in [-0.2, 0) is 9.59 Å². The van der Waals surface area contributed by atoms with Gasteiger partial charge in [-0.05, 0) is 31.9 Å². The van der Waals surface area contributed by atoms with Crippen LogP contribution in [0.3, 0.4) is 0 Å². The minimum absolute atomic E-state index is 0.0313. The Balaban J connectivity index is 1.66. The molecule has 2 amide bonds. The number of nitrogens with zero attached hydrogens (tertiary/aromatic N) is 5. The van der Waals surface area contributed by atoms with Crippen LogP contribution in [0.1, 0.15) is 19.8 Å². The summed E-state index contributed by atoms with van der Waals surface area (Å²) in [5.41, 5.74) is -0.753. The summed E-state index contributed by atoms with van der Waals surface area (Å²) >= 11 is 0. The highest BCUT2D eigenvalue weighted by molar-refractivity contribution is 5.95. The molecule has 7 heteroatoms. The van der Waals surface area contributed by atoms with E-state index in [1.165, 1.54) is 6.08 Å². The van der Waals surface area contributed by atoms with Gasteiger partial charge in [0.2, 0.25) is 17.8 Å². The summed E-state index contributed by atoms with van der Waals surface area (Å²) in [5.74, 6) is 0.559. The summed E-state index contributed by atoms with van der Waals surface area (Å²) in [6.07, 6.45) is 6.28. The quantitative estimate of drug-likeness (QED) is 0.763. The number of rotatable bonds is 3. The number of likely N-dealkylation sites (tertiary alicyclic amines) is 1. The second-order valence-electron chi connectivity index (χ2n) is 6.40. The molecule has 0 N–H and O–H groups in total. The molecule has 7 nitrogen and oxygen atoms in total. The zero-order valence-electron chi connectivity index (χ0n) is 14.0. The molecule has 0 unspecified atom stereocenters. The lowest BCUT2D eigenvalue weighted by Gasteiger charge is -2.41. The molecule has 2 aliphatic rings. The average molecular weight is 329 g/mol. The molecule has 0 radical (unpaired) electrons. The minimum atomic E-state index is -0.753. The van der Waals surface area contributed by atoms with E-state index in [4.69, 9.17) is 0 Å². The minimum Gasteiger partial charge on any atom is -0.337 e. The fourth-order valence-corrected chi connectivity index (χ4v) is 3.55. The number of piperazine rings is 1. The molecule has 2 aliphatic heterocycles. The smallest absolute Gasteiger partial charge is 0.248 e. The van der Waals surface area contributed by atoms with Crippen molar-refractivity contribution in [2.45, 2.75) is 25.3 Å². The third-order valence-corrected chi connectivity index (χ3v) is 4.94. The summed E-state index contributed by atoms with van der Waals surface area (Å²) in [6, 6.07) is 1.79. The number of carbonyl (C=O) groups is 2. The number of hydrogen-bond donors (Lipinski definition) is 0. The fraction of sp³-hybridized carbons (Fsp3) is 0.529. The topological polar surface area (TPSA) is 69.6 Å². The molecule has 0 spiro atoms. The molecule has 0 aromatic carbocycles. The van der Waals surface area contributed by atoms with Crippen LogP contribution in [0.25, 0.3) is 0 Å². The molecule has 24 heavy (non-hydrogen) atoms. The van der Waals surface area contributed by atoms with Gasteiger partial charge in [0.25, 0.3) is 0 Å². The largest absolute Gasteiger partial charge is 0.337 e. The molecule has 0 aliphatic carbocycles. The van der Waals surface area contributed by atoms with Gasteiger partial charge in [0.05, 0.1) is 0 Å². The van der Waals surface area contributed by atoms with Gasteiger partial charge in [0.1, 0.15) is 5.54 Å². The second-order valence-corrected chi connectivity index (χ2v) is 6.40. The van der Waals surface area contributed by atoms with E-state index in [2.05, 4.69) is 21.4 Å². The Hall–Kier alpha value is -2.44. The number of aromatic nitrogens is 2. The Labute approximate surface area is 142 Å². The molecule has 2 fully saturated rings. The van der Waals surface area contributed by atoms with Crippen LogP contribution >= 0.6 is 0 Å². The Morgan fingerprint density at radius 2 is 1.83 bits per heavy atom. The Morgan fingerprint density at radius 3 is 2.46 bits per heavy atom. The van der Waals surface area contributed by atoms with Crippen molar-refractivity contribution in [3.05, 3.63) is 31.1 Å². The van der Waals surface area contributed by atoms with Gasteiger partial charge in [-0.1, -0.05) is 6.58 Å². The van der Waals surface area contributed by atoms with E-state index < -0.39 is 5.54 Å². The van der Waals surface area contributed by atoms with Gasteiger partial charge >= 0.3 is 0 Å². The van der Waals surface area contributed by atoms with Gasteiger partial charge in [-0.25, -0.2) is 9.97 Å². The van der Waals surface area contributed by atoms with Gasteiger partial charge in [-0.15, -0.1) is 0 Å². The van der Waals surface area contributed by atoms with Crippen molar-refractivity contribution in [3.8, 4) is 0 Å². The Morgan fingerprint density at radius 1 is 1.17 bits per heavy atom. The average Bonchev–Trinajstić information content (AvgIpc) is 3.04. The highest BCUT2D eigenvalue weighted by Gasteiger charge is 2.47. The molecular weight excluding hydrogens is 306 g/mol. The SMILES string of the molecule is C=CC(=O)N1CCC[C@]1(C)C(=O)N1CCN(c2ncccn2)CC1. The first-order valence-corrected chi connectivity index (χ1v) is 8.31. The van der Waals surface area contributed by atoms with E-state index >= 15 is 0 Å². The lowest BCUT2D eigenvalue weighted by molar-refractivity contribution is -0.148. The van der Waals surface area contributed by atoms with Crippen LogP contribution in [0.5, 0.6) is 0 Å². The van der Waals surface area contributed by atoms with E-state index in [0.29, 0.717) is 45.1 Å². The highest BCUT2D eigenvalue weighted by atomic mass is 16.2. The molecule has 128 valence electrons. The van der Waals surface area contributed by atoms with E-state index in [0.717, 1.165) is 6.42 Å². The van der Waals surface area contributed by atoms with Crippen LogP contribution in [0.4, 0.5) is 5.95 Å². The lowest BCUT2D eigenvalue weighted by Crippen LogP contribution is -2.60. The second kappa shape index (κ2) is 6.59. The predicted octanol–water partition coefficient (Wildman–Crippen LogP) is 0.692. The van der Waals surface area contributed by atoms with Crippen molar-refractivity contribution in [3.63, 3.8) is 0 Å². The van der Waals surface area contributed by atoms with E-state index in [9.17, 15) is 9.59 Å². The van der Waals surface area contributed by atoms with Crippen LogP contribution in [-0.4, -0.2) is 69.8 Å². The molecule has 1 aromatic rings. The third-order valence-electron chi connectivity index (χ3n) is 4.94. The molecular formula is C17H23N5O2. The number of amides is 2. The maximum Gasteiger partial charge on any atom is 0.248 e. The number of anilines is 1. The van der Waals surface area contributed by atoms with E-state index in [1.807, 2.05) is 11.8 Å². The first-order valence-electron chi connectivity index (χ1n) is 8.31. The summed E-state index contributed by atoms with van der Waals surface area (Å²) in [7, 11) is 0. The summed E-state index contributed by atoms with van der Waals surface area (Å²) in [5, 5.41) is 0. The maximum absolute atomic E-state index is 13.0. The van der Waals surface area contributed by atoms with Crippen LogP contribution in [0.15, 0.2) is 31.1 Å². The zero-order chi connectivity index (χ0) is 17.2. The molecule has 0 saturated carbocycles. The normalized spacial score (nSPS) is 24.1. The zero-order valence-corrected chi connectivity index (χ0v) is 14.0. The summed E-state index contributed by atoms with van der Waals surface area (Å²) in [6.45, 7) is 8.66. The third kappa shape index (κ3) is 2.86. The summed E-state index contributed by atoms with van der Waals surface area (Å²) < 4.78 is 0.